The molecule has 0 aliphatic heterocycles. The zero-order valence-electron chi connectivity index (χ0n) is 12.1. The number of rotatable bonds is 3. The summed E-state index contributed by atoms with van der Waals surface area (Å²) in [5, 5.41) is 2.84. The molecule has 0 saturated carbocycles. The molecular formula is C18H13N3O2. The van der Waals surface area contributed by atoms with Crippen molar-refractivity contribution in [3.05, 3.63) is 78.8 Å². The van der Waals surface area contributed by atoms with Crippen molar-refractivity contribution in [1.29, 1.82) is 0 Å². The van der Waals surface area contributed by atoms with Gasteiger partial charge in [0.05, 0.1) is 12.0 Å². The zero-order valence-corrected chi connectivity index (χ0v) is 12.1. The van der Waals surface area contributed by atoms with Crippen LogP contribution >= 0.6 is 0 Å². The number of aromatic nitrogens is 2. The molecule has 112 valence electrons. The van der Waals surface area contributed by atoms with E-state index >= 15 is 0 Å². The molecule has 5 nitrogen and oxygen atoms in total. The van der Waals surface area contributed by atoms with Gasteiger partial charge < -0.3 is 9.73 Å². The first-order chi connectivity index (χ1) is 11.3. The van der Waals surface area contributed by atoms with Crippen LogP contribution < -0.4 is 5.32 Å². The molecule has 0 fully saturated rings. The molecule has 1 N–H and O–H groups in total. The molecule has 0 atom stereocenters. The Bertz CT molecular complexity index is 957. The summed E-state index contributed by atoms with van der Waals surface area (Å²) in [7, 11) is 0. The molecule has 0 aliphatic rings. The third-order valence-electron chi connectivity index (χ3n) is 3.53. The molecule has 0 bridgehead atoms. The number of amides is 1. The molecule has 0 saturated heterocycles. The molecule has 3 heterocycles. The molecule has 3 aromatic heterocycles. The summed E-state index contributed by atoms with van der Waals surface area (Å²) in [4.78, 5) is 16.8. The highest BCUT2D eigenvalue weighted by molar-refractivity contribution is 6.03. The first-order valence-electron chi connectivity index (χ1n) is 7.20. The molecular weight excluding hydrogens is 290 g/mol. The Morgan fingerprint density at radius 1 is 1.00 bits per heavy atom. The monoisotopic (exact) mass is 303 g/mol. The van der Waals surface area contributed by atoms with Gasteiger partial charge in [-0.15, -0.1) is 0 Å². The normalized spacial score (nSPS) is 10.8. The standard InChI is InChI=1S/C18H13N3O2/c22-18(19-13-6-2-1-3-7-13)14-12-21-15(16-9-5-11-23-16)8-4-10-17(21)20-14/h1-12H,(H,19,22). The van der Waals surface area contributed by atoms with Crippen LogP contribution in [0.25, 0.3) is 17.1 Å². The number of fused-ring (bicyclic) bond motifs is 1. The van der Waals surface area contributed by atoms with E-state index in [2.05, 4.69) is 10.3 Å². The molecule has 23 heavy (non-hydrogen) atoms. The first-order valence-corrected chi connectivity index (χ1v) is 7.20. The highest BCUT2D eigenvalue weighted by atomic mass is 16.3. The van der Waals surface area contributed by atoms with Crippen LogP contribution in [0, 0.1) is 0 Å². The highest BCUT2D eigenvalue weighted by Gasteiger charge is 2.14. The molecule has 4 aromatic rings. The molecule has 0 radical (unpaired) electrons. The quantitative estimate of drug-likeness (QED) is 0.625. The van der Waals surface area contributed by atoms with Gasteiger partial charge in [0, 0.05) is 11.9 Å². The summed E-state index contributed by atoms with van der Waals surface area (Å²) in [6.07, 6.45) is 3.33. The van der Waals surface area contributed by atoms with Crippen LogP contribution in [0.5, 0.6) is 0 Å². The topological polar surface area (TPSA) is 59.5 Å². The van der Waals surface area contributed by atoms with Crippen molar-refractivity contribution in [2.75, 3.05) is 5.32 Å². The van der Waals surface area contributed by atoms with E-state index in [0.29, 0.717) is 11.3 Å². The summed E-state index contributed by atoms with van der Waals surface area (Å²) in [5.74, 6) is 0.480. The van der Waals surface area contributed by atoms with Crippen LogP contribution in [0.1, 0.15) is 10.5 Å². The minimum absolute atomic E-state index is 0.245. The number of furan rings is 1. The largest absolute Gasteiger partial charge is 0.463 e. The Morgan fingerprint density at radius 3 is 2.65 bits per heavy atom. The Morgan fingerprint density at radius 2 is 1.87 bits per heavy atom. The van der Waals surface area contributed by atoms with Gasteiger partial charge in [-0.1, -0.05) is 24.3 Å². The maximum absolute atomic E-state index is 12.4. The Balaban J connectivity index is 1.72. The van der Waals surface area contributed by atoms with Gasteiger partial charge in [0.1, 0.15) is 11.3 Å². The van der Waals surface area contributed by atoms with Crippen molar-refractivity contribution in [3.8, 4) is 11.5 Å². The van der Waals surface area contributed by atoms with Crippen molar-refractivity contribution < 1.29 is 9.21 Å². The Hall–Kier alpha value is -3.34. The number of carbonyl (C=O) groups is 1. The van der Waals surface area contributed by atoms with Gasteiger partial charge in [0.2, 0.25) is 0 Å². The molecule has 1 aromatic carbocycles. The number of hydrogen-bond donors (Lipinski definition) is 1. The number of para-hydroxylation sites is 1. The predicted molar refractivity (Wildman–Crippen MR) is 87.3 cm³/mol. The fourth-order valence-electron chi connectivity index (χ4n) is 2.46. The molecule has 0 spiro atoms. The molecule has 5 heteroatoms. The van der Waals surface area contributed by atoms with Gasteiger partial charge in [-0.2, -0.15) is 0 Å². The van der Waals surface area contributed by atoms with E-state index in [1.807, 2.05) is 65.1 Å². The van der Waals surface area contributed by atoms with Crippen LogP contribution in [0.4, 0.5) is 5.69 Å². The lowest BCUT2D eigenvalue weighted by Crippen LogP contribution is -2.12. The summed E-state index contributed by atoms with van der Waals surface area (Å²) in [6, 6.07) is 18.7. The average molecular weight is 303 g/mol. The van der Waals surface area contributed by atoms with Crippen LogP contribution in [0.15, 0.2) is 77.5 Å². The van der Waals surface area contributed by atoms with Crippen LogP contribution in [-0.2, 0) is 0 Å². The Kier molecular flexibility index (Phi) is 3.16. The summed E-state index contributed by atoms with van der Waals surface area (Å²) < 4.78 is 7.29. The van der Waals surface area contributed by atoms with Crippen LogP contribution in [0.2, 0.25) is 0 Å². The number of pyridine rings is 1. The number of carbonyl (C=O) groups excluding carboxylic acids is 1. The van der Waals surface area contributed by atoms with Crippen molar-refractivity contribution in [2.45, 2.75) is 0 Å². The summed E-state index contributed by atoms with van der Waals surface area (Å²) in [5.41, 5.74) is 2.63. The number of anilines is 1. The lowest BCUT2D eigenvalue weighted by Gasteiger charge is -2.02. The zero-order chi connectivity index (χ0) is 15.6. The van der Waals surface area contributed by atoms with E-state index < -0.39 is 0 Å². The van der Waals surface area contributed by atoms with Crippen molar-refractivity contribution in [2.24, 2.45) is 0 Å². The van der Waals surface area contributed by atoms with Crippen LogP contribution in [-0.4, -0.2) is 15.3 Å². The number of benzene rings is 1. The number of hydrogen-bond acceptors (Lipinski definition) is 3. The summed E-state index contributed by atoms with van der Waals surface area (Å²) >= 11 is 0. The minimum Gasteiger partial charge on any atom is -0.463 e. The van der Waals surface area contributed by atoms with Crippen molar-refractivity contribution in [1.82, 2.24) is 9.38 Å². The highest BCUT2D eigenvalue weighted by Crippen LogP contribution is 2.22. The van der Waals surface area contributed by atoms with E-state index in [1.165, 1.54) is 0 Å². The lowest BCUT2D eigenvalue weighted by atomic mass is 10.3. The van der Waals surface area contributed by atoms with Gasteiger partial charge >= 0.3 is 0 Å². The Labute approximate surface area is 132 Å². The van der Waals surface area contributed by atoms with E-state index in [4.69, 9.17) is 4.42 Å². The third-order valence-corrected chi connectivity index (χ3v) is 3.53. The van der Waals surface area contributed by atoms with E-state index in [0.717, 1.165) is 17.1 Å². The average Bonchev–Trinajstić information content (AvgIpc) is 3.25. The fraction of sp³-hybridized carbons (Fsp3) is 0. The van der Waals surface area contributed by atoms with Gasteiger partial charge in [-0.25, -0.2) is 4.98 Å². The second-order valence-corrected chi connectivity index (χ2v) is 5.06. The smallest absolute Gasteiger partial charge is 0.275 e. The second kappa shape index (κ2) is 5.46. The summed E-state index contributed by atoms with van der Waals surface area (Å²) in [6.45, 7) is 0. The van der Waals surface area contributed by atoms with Crippen molar-refractivity contribution in [3.63, 3.8) is 0 Å². The van der Waals surface area contributed by atoms with E-state index in [1.54, 1.807) is 12.5 Å². The molecule has 4 rings (SSSR count). The predicted octanol–water partition coefficient (Wildman–Crippen LogP) is 3.85. The molecule has 0 unspecified atom stereocenters. The maximum Gasteiger partial charge on any atom is 0.275 e. The maximum atomic E-state index is 12.4. The van der Waals surface area contributed by atoms with Crippen molar-refractivity contribution >= 4 is 17.2 Å². The fourth-order valence-corrected chi connectivity index (χ4v) is 2.46. The minimum atomic E-state index is -0.245. The molecule has 0 aliphatic carbocycles. The van der Waals surface area contributed by atoms with Gasteiger partial charge in [-0.3, -0.25) is 9.20 Å². The number of imidazole rings is 1. The SMILES string of the molecule is O=C(Nc1ccccc1)c1cn2c(-c3ccco3)cccc2n1. The lowest BCUT2D eigenvalue weighted by molar-refractivity contribution is 0.102. The number of nitrogens with one attached hydrogen (secondary N) is 1. The second-order valence-electron chi connectivity index (χ2n) is 5.06. The third kappa shape index (κ3) is 2.48. The number of nitrogens with zero attached hydrogens (tertiary/aromatic N) is 2. The van der Waals surface area contributed by atoms with E-state index in [-0.39, 0.29) is 5.91 Å². The van der Waals surface area contributed by atoms with Gasteiger partial charge in [0.25, 0.3) is 5.91 Å². The first kappa shape index (κ1) is 13.3. The van der Waals surface area contributed by atoms with Gasteiger partial charge in [0.15, 0.2) is 5.76 Å². The molecule has 1 amide bonds. The van der Waals surface area contributed by atoms with E-state index in [9.17, 15) is 4.79 Å². The van der Waals surface area contributed by atoms with Gasteiger partial charge in [-0.05, 0) is 36.4 Å². The van der Waals surface area contributed by atoms with Crippen LogP contribution in [0.3, 0.4) is 0 Å².